The zero-order valence-electron chi connectivity index (χ0n) is 13.1. The van der Waals surface area contributed by atoms with Crippen molar-refractivity contribution in [1.82, 2.24) is 10.2 Å². The summed E-state index contributed by atoms with van der Waals surface area (Å²) in [5.41, 5.74) is 11.7. The third kappa shape index (κ3) is 3.46. The first-order valence-electron chi connectivity index (χ1n) is 7.75. The second kappa shape index (κ2) is 6.99. The van der Waals surface area contributed by atoms with Crippen molar-refractivity contribution in [3.8, 4) is 11.1 Å². The molecule has 1 atom stereocenters. The molecule has 0 saturated heterocycles. The summed E-state index contributed by atoms with van der Waals surface area (Å²) in [5.74, 6) is 0.289. The fourth-order valence-electron chi connectivity index (χ4n) is 2.92. The SMILES string of the molecule is Cc1[nH]ncc1-c1ccc(C(CCN)c2ccc(Cl)cc2)cc1. The van der Waals surface area contributed by atoms with Crippen LogP contribution < -0.4 is 5.73 Å². The third-order valence-electron chi connectivity index (χ3n) is 4.18. The largest absolute Gasteiger partial charge is 0.330 e. The highest BCUT2D eigenvalue weighted by Crippen LogP contribution is 2.30. The molecule has 3 nitrogen and oxygen atoms in total. The number of aryl methyl sites for hydroxylation is 1. The zero-order chi connectivity index (χ0) is 16.2. The molecule has 0 fully saturated rings. The van der Waals surface area contributed by atoms with E-state index in [1.54, 1.807) is 0 Å². The minimum Gasteiger partial charge on any atom is -0.330 e. The molecule has 0 saturated carbocycles. The lowest BCUT2D eigenvalue weighted by atomic mass is 9.88. The summed E-state index contributed by atoms with van der Waals surface area (Å²) in [6.07, 6.45) is 2.77. The highest BCUT2D eigenvalue weighted by molar-refractivity contribution is 6.30. The number of aromatic amines is 1. The van der Waals surface area contributed by atoms with Gasteiger partial charge in [0.25, 0.3) is 0 Å². The Labute approximate surface area is 141 Å². The van der Waals surface area contributed by atoms with Crippen molar-refractivity contribution >= 4 is 11.6 Å². The molecule has 0 aliphatic rings. The number of halogens is 1. The average molecular weight is 326 g/mol. The van der Waals surface area contributed by atoms with Crippen LogP contribution in [0.15, 0.2) is 54.7 Å². The normalized spacial score (nSPS) is 12.3. The van der Waals surface area contributed by atoms with Gasteiger partial charge in [-0.2, -0.15) is 5.10 Å². The third-order valence-corrected chi connectivity index (χ3v) is 4.43. The summed E-state index contributed by atoms with van der Waals surface area (Å²) in [6, 6.07) is 16.7. The summed E-state index contributed by atoms with van der Waals surface area (Å²) in [7, 11) is 0. The van der Waals surface area contributed by atoms with E-state index in [9.17, 15) is 0 Å². The summed E-state index contributed by atoms with van der Waals surface area (Å²) >= 11 is 6.00. The Morgan fingerprint density at radius 2 is 1.65 bits per heavy atom. The standard InChI is InChI=1S/C19H20ClN3/c1-13-19(12-22-23-13)16-4-2-14(3-5-16)18(10-11-21)15-6-8-17(20)9-7-15/h2-9,12,18H,10-11,21H2,1H3,(H,22,23). The van der Waals surface area contributed by atoms with Crippen molar-refractivity contribution in [2.75, 3.05) is 6.54 Å². The summed E-state index contributed by atoms with van der Waals surface area (Å²) < 4.78 is 0. The number of hydrogen-bond acceptors (Lipinski definition) is 2. The number of H-pyrrole nitrogens is 1. The van der Waals surface area contributed by atoms with Gasteiger partial charge in [0.1, 0.15) is 0 Å². The quantitative estimate of drug-likeness (QED) is 0.724. The smallest absolute Gasteiger partial charge is 0.0568 e. The molecule has 0 amide bonds. The van der Waals surface area contributed by atoms with Crippen LogP contribution in [0.4, 0.5) is 0 Å². The van der Waals surface area contributed by atoms with Gasteiger partial charge in [0.05, 0.1) is 6.20 Å². The molecule has 4 heteroatoms. The minimum atomic E-state index is 0.289. The van der Waals surface area contributed by atoms with Crippen LogP contribution in [-0.4, -0.2) is 16.7 Å². The van der Waals surface area contributed by atoms with Crippen molar-refractivity contribution in [3.05, 3.63) is 76.6 Å². The molecule has 1 heterocycles. The van der Waals surface area contributed by atoms with Crippen molar-refractivity contribution in [2.45, 2.75) is 19.3 Å². The molecule has 0 aliphatic heterocycles. The monoisotopic (exact) mass is 325 g/mol. The van der Waals surface area contributed by atoms with E-state index in [0.717, 1.165) is 22.7 Å². The first-order chi connectivity index (χ1) is 11.2. The molecule has 3 rings (SSSR count). The van der Waals surface area contributed by atoms with Gasteiger partial charge in [-0.3, -0.25) is 5.10 Å². The fourth-order valence-corrected chi connectivity index (χ4v) is 3.05. The van der Waals surface area contributed by atoms with Gasteiger partial charge in [-0.05, 0) is 48.7 Å². The maximum atomic E-state index is 6.00. The number of hydrogen-bond donors (Lipinski definition) is 2. The van der Waals surface area contributed by atoms with E-state index >= 15 is 0 Å². The van der Waals surface area contributed by atoms with E-state index in [1.165, 1.54) is 16.7 Å². The van der Waals surface area contributed by atoms with Crippen LogP contribution in [0, 0.1) is 6.92 Å². The molecule has 1 unspecified atom stereocenters. The minimum absolute atomic E-state index is 0.289. The van der Waals surface area contributed by atoms with Gasteiger partial charge < -0.3 is 5.73 Å². The van der Waals surface area contributed by atoms with Crippen LogP contribution in [0.2, 0.25) is 5.02 Å². The first-order valence-corrected chi connectivity index (χ1v) is 8.12. The van der Waals surface area contributed by atoms with Gasteiger partial charge in [-0.25, -0.2) is 0 Å². The van der Waals surface area contributed by atoms with E-state index in [-0.39, 0.29) is 5.92 Å². The maximum absolute atomic E-state index is 6.00. The van der Waals surface area contributed by atoms with Crippen molar-refractivity contribution in [3.63, 3.8) is 0 Å². The Morgan fingerprint density at radius 1 is 1.04 bits per heavy atom. The van der Waals surface area contributed by atoms with Crippen molar-refractivity contribution in [1.29, 1.82) is 0 Å². The van der Waals surface area contributed by atoms with Crippen LogP contribution in [0.1, 0.15) is 29.2 Å². The first kappa shape index (κ1) is 15.8. The van der Waals surface area contributed by atoms with Gasteiger partial charge >= 0.3 is 0 Å². The van der Waals surface area contributed by atoms with Crippen molar-refractivity contribution in [2.24, 2.45) is 5.73 Å². The molecule has 3 aromatic rings. The Morgan fingerprint density at radius 3 is 2.17 bits per heavy atom. The van der Waals surface area contributed by atoms with Crippen LogP contribution in [0.3, 0.4) is 0 Å². The Bertz CT molecular complexity index is 760. The van der Waals surface area contributed by atoms with E-state index < -0.39 is 0 Å². The number of benzene rings is 2. The van der Waals surface area contributed by atoms with E-state index in [1.807, 2.05) is 25.3 Å². The van der Waals surface area contributed by atoms with Crippen molar-refractivity contribution < 1.29 is 0 Å². The highest BCUT2D eigenvalue weighted by atomic mass is 35.5. The molecule has 1 aromatic heterocycles. The molecule has 0 radical (unpaired) electrons. The van der Waals surface area contributed by atoms with Crippen LogP contribution in [-0.2, 0) is 0 Å². The molecule has 2 aromatic carbocycles. The maximum Gasteiger partial charge on any atom is 0.0568 e. The molecule has 3 N–H and O–H groups in total. The number of nitrogens with two attached hydrogens (primary N) is 1. The van der Waals surface area contributed by atoms with Gasteiger partial charge in [-0.1, -0.05) is 48.0 Å². The van der Waals surface area contributed by atoms with E-state index in [0.29, 0.717) is 6.54 Å². The molecule has 0 bridgehead atoms. The number of rotatable bonds is 5. The number of nitrogens with one attached hydrogen (secondary N) is 1. The molecule has 0 aliphatic carbocycles. The Hall–Kier alpha value is -2.10. The van der Waals surface area contributed by atoms with E-state index in [4.69, 9.17) is 17.3 Å². The fraction of sp³-hybridized carbons (Fsp3) is 0.211. The molecular weight excluding hydrogens is 306 g/mol. The van der Waals surface area contributed by atoms with Crippen LogP contribution >= 0.6 is 11.6 Å². The zero-order valence-corrected chi connectivity index (χ0v) is 13.8. The lowest BCUT2D eigenvalue weighted by Gasteiger charge is -2.18. The topological polar surface area (TPSA) is 54.7 Å². The van der Waals surface area contributed by atoms with Gasteiger partial charge in [0, 0.05) is 22.2 Å². The lowest BCUT2D eigenvalue weighted by Crippen LogP contribution is -2.08. The molecule has 0 spiro atoms. The van der Waals surface area contributed by atoms with Gasteiger partial charge in [0.15, 0.2) is 0 Å². The molecule has 118 valence electrons. The predicted molar refractivity (Wildman–Crippen MR) is 95.7 cm³/mol. The summed E-state index contributed by atoms with van der Waals surface area (Å²) in [4.78, 5) is 0. The molecule has 23 heavy (non-hydrogen) atoms. The predicted octanol–water partition coefficient (Wildman–Crippen LogP) is 4.52. The number of aromatic nitrogens is 2. The lowest BCUT2D eigenvalue weighted by molar-refractivity contribution is 0.726. The molecular formula is C19H20ClN3. The Kier molecular flexibility index (Phi) is 4.79. The number of nitrogens with zero attached hydrogens (tertiary/aromatic N) is 1. The van der Waals surface area contributed by atoms with Crippen LogP contribution in [0.5, 0.6) is 0 Å². The van der Waals surface area contributed by atoms with Gasteiger partial charge in [0.2, 0.25) is 0 Å². The Balaban J connectivity index is 1.91. The second-order valence-corrected chi connectivity index (χ2v) is 6.15. The van der Waals surface area contributed by atoms with Crippen LogP contribution in [0.25, 0.3) is 11.1 Å². The highest BCUT2D eigenvalue weighted by Gasteiger charge is 2.14. The second-order valence-electron chi connectivity index (χ2n) is 5.71. The summed E-state index contributed by atoms with van der Waals surface area (Å²) in [6.45, 7) is 2.68. The summed E-state index contributed by atoms with van der Waals surface area (Å²) in [5, 5.41) is 7.82. The average Bonchev–Trinajstić information content (AvgIpc) is 3.00. The van der Waals surface area contributed by atoms with E-state index in [2.05, 4.69) is 46.6 Å². The van der Waals surface area contributed by atoms with Gasteiger partial charge in [-0.15, -0.1) is 0 Å².